The van der Waals surface area contributed by atoms with Gasteiger partial charge in [0.2, 0.25) is 10.0 Å². The number of aryl methyl sites for hydroxylation is 1. The SMILES string of the molecule is Cc1ccc(S(=O)(=O)N(C)CC(F)F)cc1CNC1CC1. The fraction of sp³-hybridized carbons (Fsp3) is 0.571. The van der Waals surface area contributed by atoms with E-state index in [-0.39, 0.29) is 4.90 Å². The molecule has 0 saturated heterocycles. The van der Waals surface area contributed by atoms with Gasteiger partial charge in [0.25, 0.3) is 6.43 Å². The molecule has 0 aliphatic heterocycles. The van der Waals surface area contributed by atoms with Crippen molar-refractivity contribution in [2.24, 2.45) is 0 Å². The zero-order chi connectivity index (χ0) is 15.6. The van der Waals surface area contributed by atoms with Crippen LogP contribution in [0.15, 0.2) is 23.1 Å². The molecule has 1 aliphatic rings. The summed E-state index contributed by atoms with van der Waals surface area (Å²) in [6.45, 7) is 1.70. The lowest BCUT2D eigenvalue weighted by molar-refractivity contribution is 0.126. The smallest absolute Gasteiger partial charge is 0.252 e. The van der Waals surface area contributed by atoms with Gasteiger partial charge in [-0.15, -0.1) is 0 Å². The summed E-state index contributed by atoms with van der Waals surface area (Å²) in [7, 11) is -2.70. The van der Waals surface area contributed by atoms with Crippen molar-refractivity contribution in [3.8, 4) is 0 Å². The summed E-state index contributed by atoms with van der Waals surface area (Å²) in [6, 6.07) is 5.27. The maximum atomic E-state index is 12.4. The van der Waals surface area contributed by atoms with E-state index in [1.54, 1.807) is 12.1 Å². The number of sulfonamides is 1. The Morgan fingerprint density at radius 1 is 1.38 bits per heavy atom. The Bertz CT molecular complexity index is 601. The molecule has 1 N–H and O–H groups in total. The summed E-state index contributed by atoms with van der Waals surface area (Å²) >= 11 is 0. The lowest BCUT2D eigenvalue weighted by atomic mass is 10.1. The second-order valence-electron chi connectivity index (χ2n) is 5.42. The van der Waals surface area contributed by atoms with Gasteiger partial charge in [-0.3, -0.25) is 0 Å². The average Bonchev–Trinajstić information content (AvgIpc) is 3.20. The Morgan fingerprint density at radius 2 is 2.05 bits per heavy atom. The van der Waals surface area contributed by atoms with E-state index in [4.69, 9.17) is 0 Å². The molecular formula is C14H20F2N2O2S. The van der Waals surface area contributed by atoms with Gasteiger partial charge in [-0.05, 0) is 43.0 Å². The summed E-state index contributed by atoms with van der Waals surface area (Å²) < 4.78 is 50.0. The Morgan fingerprint density at radius 3 is 2.62 bits per heavy atom. The molecule has 2 rings (SSSR count). The Labute approximate surface area is 124 Å². The molecular weight excluding hydrogens is 298 g/mol. The summed E-state index contributed by atoms with van der Waals surface area (Å²) in [6.07, 6.45) is -0.395. The number of hydrogen-bond acceptors (Lipinski definition) is 3. The van der Waals surface area contributed by atoms with Crippen molar-refractivity contribution in [1.82, 2.24) is 9.62 Å². The molecule has 7 heteroatoms. The quantitative estimate of drug-likeness (QED) is 0.838. The number of benzene rings is 1. The van der Waals surface area contributed by atoms with Crippen LogP contribution in [0.5, 0.6) is 0 Å². The van der Waals surface area contributed by atoms with E-state index in [1.807, 2.05) is 6.92 Å². The minimum atomic E-state index is -3.87. The minimum absolute atomic E-state index is 0.0591. The number of halogens is 2. The predicted molar refractivity (Wildman–Crippen MR) is 76.9 cm³/mol. The molecule has 0 heterocycles. The number of alkyl halides is 2. The van der Waals surface area contributed by atoms with Crippen molar-refractivity contribution in [2.45, 2.75) is 43.7 Å². The van der Waals surface area contributed by atoms with Crippen molar-refractivity contribution >= 4 is 10.0 Å². The van der Waals surface area contributed by atoms with E-state index < -0.39 is 23.0 Å². The van der Waals surface area contributed by atoms with Crippen LogP contribution < -0.4 is 5.32 Å². The van der Waals surface area contributed by atoms with Gasteiger partial charge in [0, 0.05) is 19.6 Å². The van der Waals surface area contributed by atoms with Gasteiger partial charge in [0.15, 0.2) is 0 Å². The van der Waals surface area contributed by atoms with E-state index in [2.05, 4.69) is 5.32 Å². The predicted octanol–water partition coefficient (Wildman–Crippen LogP) is 2.13. The molecule has 0 amide bonds. The number of nitrogens with zero attached hydrogens (tertiary/aromatic N) is 1. The highest BCUT2D eigenvalue weighted by Gasteiger charge is 2.25. The fourth-order valence-electron chi connectivity index (χ4n) is 2.01. The third-order valence-electron chi connectivity index (χ3n) is 3.58. The third kappa shape index (κ3) is 4.21. The van der Waals surface area contributed by atoms with Gasteiger partial charge in [-0.25, -0.2) is 17.2 Å². The van der Waals surface area contributed by atoms with Crippen LogP contribution >= 0.6 is 0 Å². The Kier molecular flexibility index (Phi) is 4.95. The van der Waals surface area contributed by atoms with Crippen molar-refractivity contribution in [2.75, 3.05) is 13.6 Å². The second-order valence-corrected chi connectivity index (χ2v) is 7.46. The van der Waals surface area contributed by atoms with Crippen LogP contribution in [-0.2, 0) is 16.6 Å². The highest BCUT2D eigenvalue weighted by Crippen LogP contribution is 2.22. The second kappa shape index (κ2) is 6.37. The molecule has 1 aromatic rings. The minimum Gasteiger partial charge on any atom is -0.310 e. The average molecular weight is 318 g/mol. The van der Waals surface area contributed by atoms with Gasteiger partial charge in [-0.1, -0.05) is 6.07 Å². The molecule has 1 fully saturated rings. The van der Waals surface area contributed by atoms with Crippen LogP contribution in [-0.4, -0.2) is 38.8 Å². The molecule has 0 unspecified atom stereocenters. The normalized spacial score (nSPS) is 15.9. The molecule has 0 aromatic heterocycles. The maximum Gasteiger partial charge on any atom is 0.252 e. The zero-order valence-electron chi connectivity index (χ0n) is 12.1. The number of rotatable bonds is 7. The van der Waals surface area contributed by atoms with Gasteiger partial charge in [0.05, 0.1) is 11.4 Å². The Hall–Kier alpha value is -1.05. The Balaban J connectivity index is 2.19. The lowest BCUT2D eigenvalue weighted by Crippen LogP contribution is -2.31. The van der Waals surface area contributed by atoms with Gasteiger partial charge in [-0.2, -0.15) is 4.31 Å². The van der Waals surface area contributed by atoms with Crippen molar-refractivity contribution < 1.29 is 17.2 Å². The third-order valence-corrected chi connectivity index (χ3v) is 5.40. The molecule has 0 spiro atoms. The van der Waals surface area contributed by atoms with Gasteiger partial charge < -0.3 is 5.32 Å². The van der Waals surface area contributed by atoms with Crippen molar-refractivity contribution in [1.29, 1.82) is 0 Å². The van der Waals surface area contributed by atoms with Gasteiger partial charge in [0.1, 0.15) is 0 Å². The summed E-state index contributed by atoms with van der Waals surface area (Å²) in [5.74, 6) is 0. The van der Waals surface area contributed by atoms with Crippen LogP contribution in [0.3, 0.4) is 0 Å². The monoisotopic (exact) mass is 318 g/mol. The molecule has 1 saturated carbocycles. The van der Waals surface area contributed by atoms with E-state index in [0.29, 0.717) is 16.9 Å². The molecule has 118 valence electrons. The molecule has 4 nitrogen and oxygen atoms in total. The summed E-state index contributed by atoms with van der Waals surface area (Å²) in [5.41, 5.74) is 1.87. The first-order valence-corrected chi connectivity index (χ1v) is 8.32. The first-order valence-electron chi connectivity index (χ1n) is 6.88. The van der Waals surface area contributed by atoms with E-state index in [0.717, 1.165) is 24.0 Å². The van der Waals surface area contributed by atoms with Gasteiger partial charge >= 0.3 is 0 Å². The largest absolute Gasteiger partial charge is 0.310 e. The van der Waals surface area contributed by atoms with Crippen molar-refractivity contribution in [3.05, 3.63) is 29.3 Å². The maximum absolute atomic E-state index is 12.4. The van der Waals surface area contributed by atoms with Crippen LogP contribution in [0.25, 0.3) is 0 Å². The number of nitrogens with one attached hydrogen (secondary N) is 1. The molecule has 1 aromatic carbocycles. The van der Waals surface area contributed by atoms with Crippen LogP contribution in [0.4, 0.5) is 8.78 Å². The first kappa shape index (κ1) is 16.3. The van der Waals surface area contributed by atoms with E-state index in [9.17, 15) is 17.2 Å². The zero-order valence-corrected chi connectivity index (χ0v) is 13.0. The highest BCUT2D eigenvalue weighted by molar-refractivity contribution is 7.89. The molecule has 21 heavy (non-hydrogen) atoms. The van der Waals surface area contributed by atoms with E-state index in [1.165, 1.54) is 13.1 Å². The first-order chi connectivity index (χ1) is 9.80. The van der Waals surface area contributed by atoms with Crippen LogP contribution in [0, 0.1) is 6.92 Å². The molecule has 1 aliphatic carbocycles. The molecule has 0 radical (unpaired) electrons. The lowest BCUT2D eigenvalue weighted by Gasteiger charge is -2.18. The standard InChI is InChI=1S/C14H20F2N2O2S/c1-10-3-6-13(7-11(10)8-17-12-4-5-12)21(19,20)18(2)9-14(15)16/h3,6-7,12,14,17H,4-5,8-9H2,1-2H3. The number of hydrogen-bond donors (Lipinski definition) is 1. The molecule has 0 atom stereocenters. The van der Waals surface area contributed by atoms with E-state index >= 15 is 0 Å². The van der Waals surface area contributed by atoms with Crippen molar-refractivity contribution in [3.63, 3.8) is 0 Å². The topological polar surface area (TPSA) is 49.4 Å². The fourth-order valence-corrected chi connectivity index (χ4v) is 3.21. The molecule has 0 bridgehead atoms. The summed E-state index contributed by atoms with van der Waals surface area (Å²) in [4.78, 5) is 0.0591. The van der Waals surface area contributed by atoms with Crippen LogP contribution in [0.2, 0.25) is 0 Å². The van der Waals surface area contributed by atoms with Crippen LogP contribution in [0.1, 0.15) is 24.0 Å². The summed E-state index contributed by atoms with van der Waals surface area (Å²) in [5, 5.41) is 3.33. The highest BCUT2D eigenvalue weighted by atomic mass is 32.2.